The molecule has 0 radical (unpaired) electrons. The van der Waals surface area contributed by atoms with Crippen LogP contribution in [0.5, 0.6) is 0 Å². The van der Waals surface area contributed by atoms with E-state index < -0.39 is 65.3 Å². The Labute approximate surface area is 211 Å². The number of carbonyl (C=O) groups excluding carboxylic acids is 1. The molecule has 1 rings (SSSR count). The molecule has 0 aromatic rings. The summed E-state index contributed by atoms with van der Waals surface area (Å²) >= 11 is 0. The Bertz CT molecular complexity index is 618. The molecule has 32 heavy (non-hydrogen) atoms. The van der Waals surface area contributed by atoms with E-state index >= 15 is 0 Å². The summed E-state index contributed by atoms with van der Waals surface area (Å²) in [7, 11) is -4.78. The quantitative estimate of drug-likeness (QED) is 0.0764. The van der Waals surface area contributed by atoms with Crippen LogP contribution in [0.15, 0.2) is 0 Å². The zero-order valence-corrected chi connectivity index (χ0v) is 21.6. The van der Waals surface area contributed by atoms with Gasteiger partial charge in [-0.3, -0.25) is 4.79 Å². The fourth-order valence-electron chi connectivity index (χ4n) is 3.13. The second-order valence-corrected chi connectivity index (χ2v) is 9.23. The molecule has 11 nitrogen and oxygen atoms in total. The Balaban J connectivity index is 0.00000961. The molecule has 4 N–H and O–H groups in total. The van der Waals surface area contributed by atoms with Crippen molar-refractivity contribution in [2.75, 3.05) is 19.0 Å². The van der Waals surface area contributed by atoms with Crippen molar-refractivity contribution in [3.05, 3.63) is 0 Å². The number of unbranched alkanes of at least 4 members (excludes halogenated alkanes) is 6. The van der Waals surface area contributed by atoms with E-state index in [1.54, 1.807) is 0 Å². The molecule has 1 fully saturated rings. The molecule has 0 saturated carbocycles. The standard InChI is InChI=1S/C19H36O11S.Na/c1-2-3-4-5-6-7-8-9-15(21)28-10-13(20)11-29-19-18(24)17(23)16(22)14(30-19)12-31(25,26)27;/h13-14,16-20,22-24H,2-12H2,1H3,(H,25,26,27);/q;+1/p-1/t13?,14-,16-,17+,18-,19+;/m1./s1. The maximum Gasteiger partial charge on any atom is 1.00 e. The van der Waals surface area contributed by atoms with Gasteiger partial charge in [0.05, 0.1) is 22.5 Å². The van der Waals surface area contributed by atoms with E-state index in [1.165, 1.54) is 19.3 Å². The van der Waals surface area contributed by atoms with E-state index in [1.807, 2.05) is 0 Å². The van der Waals surface area contributed by atoms with Crippen LogP contribution in [0.1, 0.15) is 58.3 Å². The van der Waals surface area contributed by atoms with E-state index in [0.29, 0.717) is 6.42 Å². The van der Waals surface area contributed by atoms with E-state index in [2.05, 4.69) is 6.92 Å². The van der Waals surface area contributed by atoms with Gasteiger partial charge in [-0.2, -0.15) is 0 Å². The molecule has 0 spiro atoms. The van der Waals surface area contributed by atoms with E-state index in [9.17, 15) is 38.2 Å². The Hall–Kier alpha value is 0.140. The third kappa shape index (κ3) is 13.1. The molecule has 184 valence electrons. The molecule has 1 aliphatic rings. The first-order valence-corrected chi connectivity index (χ1v) is 12.2. The molecule has 0 aromatic carbocycles. The first-order valence-electron chi connectivity index (χ1n) is 10.6. The second kappa shape index (κ2) is 16.7. The molecule has 0 amide bonds. The number of aliphatic hydroxyl groups is 4. The summed E-state index contributed by atoms with van der Waals surface area (Å²) in [6, 6.07) is 0. The first kappa shape index (κ1) is 32.1. The fraction of sp³-hybridized carbons (Fsp3) is 0.947. The van der Waals surface area contributed by atoms with Gasteiger partial charge in [-0.15, -0.1) is 0 Å². The van der Waals surface area contributed by atoms with Crippen molar-refractivity contribution in [2.24, 2.45) is 0 Å². The third-order valence-electron chi connectivity index (χ3n) is 4.91. The van der Waals surface area contributed by atoms with Crippen LogP contribution in [-0.2, 0) is 29.1 Å². The predicted molar refractivity (Wildman–Crippen MR) is 107 cm³/mol. The number of rotatable bonds is 15. The van der Waals surface area contributed by atoms with Crippen molar-refractivity contribution in [2.45, 2.75) is 95.1 Å². The molecule has 1 aliphatic heterocycles. The molecule has 0 bridgehead atoms. The maximum atomic E-state index is 11.7. The minimum Gasteiger partial charge on any atom is -0.748 e. The van der Waals surface area contributed by atoms with Gasteiger partial charge in [-0.25, -0.2) is 8.42 Å². The van der Waals surface area contributed by atoms with Crippen LogP contribution in [0.2, 0.25) is 0 Å². The van der Waals surface area contributed by atoms with E-state index in [-0.39, 0.29) is 42.6 Å². The molecule has 1 heterocycles. The summed E-state index contributed by atoms with van der Waals surface area (Å²) in [5.74, 6) is -1.59. The number of esters is 1. The van der Waals surface area contributed by atoms with Crippen molar-refractivity contribution in [3.8, 4) is 0 Å². The van der Waals surface area contributed by atoms with Gasteiger partial charge in [-0.05, 0) is 6.42 Å². The summed E-state index contributed by atoms with van der Waals surface area (Å²) in [4.78, 5) is 11.7. The Morgan fingerprint density at radius 1 is 1.00 bits per heavy atom. The summed E-state index contributed by atoms with van der Waals surface area (Å²) in [6.45, 7) is 1.32. The number of carbonyl (C=O) groups is 1. The smallest absolute Gasteiger partial charge is 0.748 e. The minimum atomic E-state index is -4.78. The Morgan fingerprint density at radius 3 is 2.19 bits per heavy atom. The van der Waals surface area contributed by atoms with Gasteiger partial charge in [-0.1, -0.05) is 45.4 Å². The molecule has 1 saturated heterocycles. The molecule has 6 atom stereocenters. The molecular weight excluding hydrogens is 459 g/mol. The van der Waals surface area contributed by atoms with Gasteiger partial charge in [0.2, 0.25) is 0 Å². The van der Waals surface area contributed by atoms with Gasteiger partial charge >= 0.3 is 35.5 Å². The van der Waals surface area contributed by atoms with Gasteiger partial charge < -0.3 is 39.2 Å². The second-order valence-electron chi connectivity index (χ2n) is 7.78. The summed E-state index contributed by atoms with van der Waals surface area (Å²) in [5, 5.41) is 39.3. The minimum absolute atomic E-state index is 0. The fourth-order valence-corrected chi connectivity index (χ4v) is 3.81. The molecule has 1 unspecified atom stereocenters. The van der Waals surface area contributed by atoms with Crippen molar-refractivity contribution in [1.29, 1.82) is 0 Å². The Morgan fingerprint density at radius 2 is 1.59 bits per heavy atom. The normalized spacial score (nSPS) is 26.9. The predicted octanol–water partition coefficient (Wildman–Crippen LogP) is -3.60. The van der Waals surface area contributed by atoms with Crippen LogP contribution in [-0.4, -0.2) is 95.1 Å². The molecular formula is C19H35NaO11S. The number of aliphatic hydroxyl groups excluding tert-OH is 4. The summed E-state index contributed by atoms with van der Waals surface area (Å²) < 4.78 is 47.8. The van der Waals surface area contributed by atoms with Crippen molar-refractivity contribution < 1.29 is 82.0 Å². The summed E-state index contributed by atoms with van der Waals surface area (Å²) in [5.41, 5.74) is 0. The maximum absolute atomic E-state index is 11.7. The zero-order chi connectivity index (χ0) is 23.4. The van der Waals surface area contributed by atoms with Crippen LogP contribution < -0.4 is 29.6 Å². The van der Waals surface area contributed by atoms with Crippen LogP contribution in [0.3, 0.4) is 0 Å². The third-order valence-corrected chi connectivity index (χ3v) is 5.65. The summed E-state index contributed by atoms with van der Waals surface area (Å²) in [6.07, 6.45) is -2.20. The van der Waals surface area contributed by atoms with Crippen molar-refractivity contribution in [1.82, 2.24) is 0 Å². The van der Waals surface area contributed by atoms with Crippen molar-refractivity contribution in [3.63, 3.8) is 0 Å². The van der Waals surface area contributed by atoms with Crippen LogP contribution in [0, 0.1) is 0 Å². The van der Waals surface area contributed by atoms with Gasteiger partial charge in [0.25, 0.3) is 0 Å². The number of hydrogen-bond acceptors (Lipinski definition) is 11. The largest absolute Gasteiger partial charge is 1.00 e. The van der Waals surface area contributed by atoms with Gasteiger partial charge in [0.15, 0.2) is 6.29 Å². The zero-order valence-electron chi connectivity index (χ0n) is 18.8. The number of hydrogen-bond donors (Lipinski definition) is 4. The average Bonchev–Trinajstić information content (AvgIpc) is 2.70. The first-order chi connectivity index (χ1) is 14.5. The monoisotopic (exact) mass is 494 g/mol. The van der Waals surface area contributed by atoms with Gasteiger partial charge in [0, 0.05) is 6.42 Å². The van der Waals surface area contributed by atoms with Crippen molar-refractivity contribution >= 4 is 16.1 Å². The SMILES string of the molecule is CCCCCCCCCC(=O)OCC(O)CO[C@H]1O[C@H](CS(=O)(=O)[O-])[C@@H](O)[C@H](O)[C@H]1O.[Na+]. The van der Waals surface area contributed by atoms with Crippen LogP contribution >= 0.6 is 0 Å². The molecule has 13 heteroatoms. The molecule has 0 aromatic heterocycles. The van der Waals surface area contributed by atoms with Crippen LogP contribution in [0.4, 0.5) is 0 Å². The van der Waals surface area contributed by atoms with E-state index in [4.69, 9.17) is 14.2 Å². The topological polar surface area (TPSA) is 183 Å². The Kier molecular flexibility index (Phi) is 16.8. The van der Waals surface area contributed by atoms with Gasteiger partial charge in [0.1, 0.15) is 37.1 Å². The average molecular weight is 495 g/mol. The van der Waals surface area contributed by atoms with Crippen LogP contribution in [0.25, 0.3) is 0 Å². The number of ether oxygens (including phenoxy) is 3. The molecule has 0 aliphatic carbocycles. The van der Waals surface area contributed by atoms with E-state index in [0.717, 1.165) is 19.3 Å².